The fraction of sp³-hybridized carbons (Fsp3) is 0.143. The zero-order valence-corrected chi connectivity index (χ0v) is 9.43. The Morgan fingerprint density at radius 3 is 2.62 bits per heavy atom. The van der Waals surface area contributed by atoms with Crippen LogP contribution in [-0.4, -0.2) is 4.92 Å². The summed E-state index contributed by atoms with van der Waals surface area (Å²) in [6, 6.07) is 2.34. The summed E-state index contributed by atoms with van der Waals surface area (Å²) in [6.45, 7) is 0. The number of benzene rings is 1. The van der Waals surface area contributed by atoms with Crippen LogP contribution in [-0.2, 0) is 5.33 Å². The molecule has 0 aliphatic carbocycles. The van der Waals surface area contributed by atoms with Gasteiger partial charge < -0.3 is 0 Å². The summed E-state index contributed by atoms with van der Waals surface area (Å²) < 4.78 is 13.3. The van der Waals surface area contributed by atoms with E-state index < -0.39 is 10.7 Å². The van der Waals surface area contributed by atoms with Crippen LogP contribution in [0.25, 0.3) is 0 Å². The lowest BCUT2D eigenvalue weighted by Gasteiger charge is -2.00. The lowest BCUT2D eigenvalue weighted by molar-refractivity contribution is -0.385. The van der Waals surface area contributed by atoms with Gasteiger partial charge in [0.25, 0.3) is 5.69 Å². The van der Waals surface area contributed by atoms with Crippen molar-refractivity contribution in [3.8, 4) is 0 Å². The molecule has 0 heterocycles. The molecule has 0 unspecified atom stereocenters. The van der Waals surface area contributed by atoms with Gasteiger partial charge in [-0.05, 0) is 15.9 Å². The highest BCUT2D eigenvalue weighted by Gasteiger charge is 2.13. The van der Waals surface area contributed by atoms with Crippen LogP contribution in [0, 0.1) is 15.9 Å². The van der Waals surface area contributed by atoms with Crippen LogP contribution < -0.4 is 0 Å². The Morgan fingerprint density at radius 1 is 1.54 bits per heavy atom. The molecule has 0 aliphatic heterocycles. The van der Waals surface area contributed by atoms with E-state index >= 15 is 0 Å². The Kier molecular flexibility index (Phi) is 3.38. The van der Waals surface area contributed by atoms with Gasteiger partial charge in [-0.1, -0.05) is 15.9 Å². The Balaban J connectivity index is 3.30. The Labute approximate surface area is 90.3 Å². The zero-order valence-electron chi connectivity index (χ0n) is 6.26. The van der Waals surface area contributed by atoms with Gasteiger partial charge in [0.15, 0.2) is 0 Å². The highest BCUT2D eigenvalue weighted by Crippen LogP contribution is 2.26. The van der Waals surface area contributed by atoms with Gasteiger partial charge in [-0.25, -0.2) is 4.39 Å². The molecule has 0 aromatic heterocycles. The largest absolute Gasteiger partial charge is 0.271 e. The van der Waals surface area contributed by atoms with Crippen molar-refractivity contribution in [2.24, 2.45) is 0 Å². The summed E-state index contributed by atoms with van der Waals surface area (Å²) in [6.07, 6.45) is 0. The van der Waals surface area contributed by atoms with E-state index in [2.05, 4.69) is 31.9 Å². The lowest BCUT2D eigenvalue weighted by atomic mass is 10.2. The summed E-state index contributed by atoms with van der Waals surface area (Å²) >= 11 is 5.95. The second-order valence-corrected chi connectivity index (χ2v) is 3.71. The van der Waals surface area contributed by atoms with Gasteiger partial charge in [-0.3, -0.25) is 10.1 Å². The third-order valence-electron chi connectivity index (χ3n) is 1.44. The molecule has 0 fully saturated rings. The predicted octanol–water partition coefficient (Wildman–Crippen LogP) is 3.39. The van der Waals surface area contributed by atoms with Crippen LogP contribution in [0.15, 0.2) is 16.6 Å². The fourth-order valence-electron chi connectivity index (χ4n) is 0.833. The van der Waals surface area contributed by atoms with Crippen molar-refractivity contribution in [1.29, 1.82) is 0 Å². The minimum Gasteiger partial charge on any atom is -0.258 e. The molecule has 0 N–H and O–H groups in total. The summed E-state index contributed by atoms with van der Waals surface area (Å²) in [4.78, 5) is 9.82. The van der Waals surface area contributed by atoms with Crippen molar-refractivity contribution in [3.05, 3.63) is 38.1 Å². The Hall–Kier alpha value is -0.490. The standard InChI is InChI=1S/C7H4Br2FNO2/c8-3-4-1-5(11(12)13)2-6(9)7(4)10/h1-2H,3H2. The van der Waals surface area contributed by atoms with Gasteiger partial charge >= 0.3 is 0 Å². The number of hydrogen-bond donors (Lipinski definition) is 0. The molecule has 0 saturated heterocycles. The zero-order chi connectivity index (χ0) is 10.0. The van der Waals surface area contributed by atoms with Gasteiger partial charge in [0, 0.05) is 23.0 Å². The van der Waals surface area contributed by atoms with Gasteiger partial charge in [0.2, 0.25) is 0 Å². The van der Waals surface area contributed by atoms with Crippen LogP contribution in [0.1, 0.15) is 5.56 Å². The summed E-state index contributed by atoms with van der Waals surface area (Å²) in [5, 5.41) is 10.6. The molecule has 0 spiro atoms. The van der Waals surface area contributed by atoms with Crippen molar-refractivity contribution in [2.75, 3.05) is 0 Å². The molecule has 1 aromatic carbocycles. The number of rotatable bonds is 2. The van der Waals surface area contributed by atoms with Crippen LogP contribution in [0.3, 0.4) is 0 Å². The number of nitro groups is 1. The van der Waals surface area contributed by atoms with Gasteiger partial charge in [0.1, 0.15) is 5.82 Å². The van der Waals surface area contributed by atoms with Crippen molar-refractivity contribution in [2.45, 2.75) is 5.33 Å². The van der Waals surface area contributed by atoms with Crippen LogP contribution in [0.2, 0.25) is 0 Å². The third-order valence-corrected chi connectivity index (χ3v) is 2.62. The van der Waals surface area contributed by atoms with Crippen LogP contribution in [0.4, 0.5) is 10.1 Å². The molecule has 6 heteroatoms. The highest BCUT2D eigenvalue weighted by molar-refractivity contribution is 9.10. The van der Waals surface area contributed by atoms with E-state index in [4.69, 9.17) is 0 Å². The second-order valence-electron chi connectivity index (χ2n) is 2.29. The maximum Gasteiger partial charge on any atom is 0.271 e. The monoisotopic (exact) mass is 311 g/mol. The van der Waals surface area contributed by atoms with E-state index in [0.717, 1.165) is 6.07 Å². The number of halogens is 3. The maximum atomic E-state index is 13.1. The Morgan fingerprint density at radius 2 is 2.15 bits per heavy atom. The molecule has 0 radical (unpaired) electrons. The first-order valence-corrected chi connectivity index (χ1v) is 5.16. The molecule has 70 valence electrons. The first-order chi connectivity index (χ1) is 6.06. The van der Waals surface area contributed by atoms with E-state index in [9.17, 15) is 14.5 Å². The van der Waals surface area contributed by atoms with E-state index in [0.29, 0.717) is 0 Å². The normalized spacial score (nSPS) is 10.1. The van der Waals surface area contributed by atoms with Crippen LogP contribution >= 0.6 is 31.9 Å². The molecular weight excluding hydrogens is 309 g/mol. The first kappa shape index (κ1) is 10.6. The van der Waals surface area contributed by atoms with E-state index in [-0.39, 0.29) is 21.1 Å². The predicted molar refractivity (Wildman–Crippen MR) is 53.4 cm³/mol. The molecule has 0 amide bonds. The molecule has 3 nitrogen and oxygen atoms in total. The van der Waals surface area contributed by atoms with Crippen molar-refractivity contribution < 1.29 is 9.31 Å². The Bertz CT molecular complexity index is 357. The number of alkyl halides is 1. The smallest absolute Gasteiger partial charge is 0.258 e. The summed E-state index contributed by atoms with van der Waals surface area (Å²) in [7, 11) is 0. The number of nitrogens with zero attached hydrogens (tertiary/aromatic N) is 1. The molecule has 0 atom stereocenters. The summed E-state index contributed by atoms with van der Waals surface area (Å²) in [5.74, 6) is -0.470. The van der Waals surface area contributed by atoms with Crippen molar-refractivity contribution >= 4 is 37.5 Å². The first-order valence-electron chi connectivity index (χ1n) is 3.24. The molecule has 0 saturated carbocycles. The highest BCUT2D eigenvalue weighted by atomic mass is 79.9. The van der Waals surface area contributed by atoms with E-state index in [1.54, 1.807) is 0 Å². The molecule has 1 aromatic rings. The average molecular weight is 313 g/mol. The minimum absolute atomic E-state index is 0.108. The molecule has 1 rings (SSSR count). The quantitative estimate of drug-likeness (QED) is 0.477. The number of hydrogen-bond acceptors (Lipinski definition) is 2. The number of non-ortho nitro benzene ring substituents is 1. The average Bonchev–Trinajstić information content (AvgIpc) is 2.09. The molecule has 0 aliphatic rings. The van der Waals surface area contributed by atoms with Gasteiger partial charge in [-0.15, -0.1) is 0 Å². The topological polar surface area (TPSA) is 43.1 Å². The molecule has 13 heavy (non-hydrogen) atoms. The van der Waals surface area contributed by atoms with Crippen molar-refractivity contribution in [1.82, 2.24) is 0 Å². The summed E-state index contributed by atoms with van der Waals surface area (Å²) in [5.41, 5.74) is 0.142. The third kappa shape index (κ3) is 2.25. The molecular formula is C7H4Br2FNO2. The van der Waals surface area contributed by atoms with Crippen molar-refractivity contribution in [3.63, 3.8) is 0 Å². The SMILES string of the molecule is O=[N+]([O-])c1cc(Br)c(F)c(CBr)c1. The van der Waals surface area contributed by atoms with Crippen LogP contribution in [0.5, 0.6) is 0 Å². The van der Waals surface area contributed by atoms with E-state index in [1.165, 1.54) is 6.07 Å². The second kappa shape index (κ2) is 4.15. The maximum absolute atomic E-state index is 13.1. The number of nitro benzene ring substituents is 1. The van der Waals surface area contributed by atoms with Gasteiger partial charge in [-0.2, -0.15) is 0 Å². The van der Waals surface area contributed by atoms with E-state index in [1.807, 2.05) is 0 Å². The van der Waals surface area contributed by atoms with Gasteiger partial charge in [0.05, 0.1) is 9.40 Å². The minimum atomic E-state index is -0.559. The fourth-order valence-corrected chi connectivity index (χ4v) is 1.73. The molecule has 0 bridgehead atoms. The lowest BCUT2D eigenvalue weighted by Crippen LogP contribution is -1.93.